The van der Waals surface area contributed by atoms with E-state index >= 15 is 0 Å². The third kappa shape index (κ3) is 4.03. The number of hydrogen-bond acceptors (Lipinski definition) is 3. The maximum Gasteiger partial charge on any atom is 0.229 e. The third-order valence-electron chi connectivity index (χ3n) is 4.01. The largest absolute Gasteiger partial charge is 0.326 e. The van der Waals surface area contributed by atoms with Crippen molar-refractivity contribution in [1.82, 2.24) is 0 Å². The molecule has 2 N–H and O–H groups in total. The van der Waals surface area contributed by atoms with E-state index in [0.29, 0.717) is 17.9 Å². The second kappa shape index (κ2) is 7.17. The molecule has 0 aromatic heterocycles. The van der Waals surface area contributed by atoms with Crippen molar-refractivity contribution in [2.24, 2.45) is 5.92 Å². The van der Waals surface area contributed by atoms with Gasteiger partial charge in [0.2, 0.25) is 17.7 Å². The summed E-state index contributed by atoms with van der Waals surface area (Å²) < 4.78 is 0. The number of nitrogens with zero attached hydrogens (tertiary/aromatic N) is 1. The van der Waals surface area contributed by atoms with Gasteiger partial charge in [-0.3, -0.25) is 14.4 Å². The zero-order chi connectivity index (χ0) is 17.8. The molecule has 0 bridgehead atoms. The summed E-state index contributed by atoms with van der Waals surface area (Å²) in [5.74, 6) is -0.842. The Morgan fingerprint density at radius 3 is 2.36 bits per heavy atom. The third-order valence-corrected chi connectivity index (χ3v) is 4.01. The van der Waals surface area contributed by atoms with Gasteiger partial charge in [-0.05, 0) is 30.3 Å². The molecule has 1 aliphatic heterocycles. The molecular formula is C19H19N3O3. The van der Waals surface area contributed by atoms with Gasteiger partial charge in [0.1, 0.15) is 0 Å². The first kappa shape index (κ1) is 16.7. The van der Waals surface area contributed by atoms with Crippen molar-refractivity contribution in [2.75, 3.05) is 22.1 Å². The van der Waals surface area contributed by atoms with Crippen LogP contribution in [0.1, 0.15) is 13.3 Å². The summed E-state index contributed by atoms with van der Waals surface area (Å²) in [4.78, 5) is 37.5. The number of carbonyl (C=O) groups excluding carboxylic acids is 3. The zero-order valence-electron chi connectivity index (χ0n) is 13.9. The highest BCUT2D eigenvalue weighted by Crippen LogP contribution is 2.26. The van der Waals surface area contributed by atoms with E-state index in [1.54, 1.807) is 29.2 Å². The summed E-state index contributed by atoms with van der Waals surface area (Å²) in [6, 6.07) is 16.2. The highest BCUT2D eigenvalue weighted by atomic mass is 16.2. The van der Waals surface area contributed by atoms with Crippen molar-refractivity contribution >= 4 is 34.8 Å². The molecule has 0 aliphatic carbocycles. The Morgan fingerprint density at radius 2 is 1.68 bits per heavy atom. The van der Waals surface area contributed by atoms with E-state index in [1.165, 1.54) is 6.92 Å². The number of carbonyl (C=O) groups is 3. The Kier molecular flexibility index (Phi) is 4.79. The number of rotatable bonds is 4. The molecular weight excluding hydrogens is 318 g/mol. The Hall–Kier alpha value is -3.15. The Morgan fingerprint density at radius 1 is 1.00 bits per heavy atom. The first-order valence-corrected chi connectivity index (χ1v) is 8.07. The Labute approximate surface area is 145 Å². The van der Waals surface area contributed by atoms with Crippen LogP contribution in [-0.2, 0) is 14.4 Å². The second-order valence-corrected chi connectivity index (χ2v) is 5.99. The highest BCUT2D eigenvalue weighted by Gasteiger charge is 2.35. The zero-order valence-corrected chi connectivity index (χ0v) is 13.9. The van der Waals surface area contributed by atoms with E-state index in [9.17, 15) is 14.4 Å². The van der Waals surface area contributed by atoms with Crippen molar-refractivity contribution in [3.63, 3.8) is 0 Å². The number of para-hydroxylation sites is 1. The van der Waals surface area contributed by atoms with Crippen LogP contribution in [0.5, 0.6) is 0 Å². The molecule has 0 radical (unpaired) electrons. The van der Waals surface area contributed by atoms with Gasteiger partial charge in [-0.1, -0.05) is 24.3 Å². The van der Waals surface area contributed by atoms with Gasteiger partial charge in [0.15, 0.2) is 0 Å². The van der Waals surface area contributed by atoms with Crippen molar-refractivity contribution in [3.8, 4) is 0 Å². The Balaban J connectivity index is 1.66. The molecule has 0 spiro atoms. The monoisotopic (exact) mass is 337 g/mol. The lowest BCUT2D eigenvalue weighted by atomic mass is 10.1. The molecule has 3 amide bonds. The maximum absolute atomic E-state index is 12.5. The van der Waals surface area contributed by atoms with Gasteiger partial charge < -0.3 is 15.5 Å². The van der Waals surface area contributed by atoms with E-state index in [-0.39, 0.29) is 24.1 Å². The maximum atomic E-state index is 12.5. The van der Waals surface area contributed by atoms with Gasteiger partial charge in [0.05, 0.1) is 5.92 Å². The molecule has 128 valence electrons. The van der Waals surface area contributed by atoms with Gasteiger partial charge in [0, 0.05) is 37.0 Å². The minimum Gasteiger partial charge on any atom is -0.326 e. The quantitative estimate of drug-likeness (QED) is 0.900. The normalized spacial score (nSPS) is 16.6. The van der Waals surface area contributed by atoms with Crippen LogP contribution in [0.2, 0.25) is 0 Å². The standard InChI is InChI=1S/C19H19N3O3/c1-13(23)20-15-6-5-7-16(11-15)21-19(25)14-10-18(24)22(12-14)17-8-3-2-4-9-17/h2-9,11,14H,10,12H2,1H3,(H,20,23)(H,21,25). The number of hydrogen-bond donors (Lipinski definition) is 2. The van der Waals surface area contributed by atoms with Crippen LogP contribution >= 0.6 is 0 Å². The van der Waals surface area contributed by atoms with Crippen molar-refractivity contribution < 1.29 is 14.4 Å². The van der Waals surface area contributed by atoms with Gasteiger partial charge in [-0.15, -0.1) is 0 Å². The molecule has 1 unspecified atom stereocenters. The predicted octanol–water partition coefficient (Wildman–Crippen LogP) is 2.64. The molecule has 1 fully saturated rings. The fourth-order valence-corrected chi connectivity index (χ4v) is 2.86. The molecule has 1 saturated heterocycles. The molecule has 1 atom stereocenters. The van der Waals surface area contributed by atoms with Gasteiger partial charge in [-0.2, -0.15) is 0 Å². The Bertz CT molecular complexity index is 805. The molecule has 3 rings (SSSR count). The van der Waals surface area contributed by atoms with Crippen molar-refractivity contribution in [3.05, 3.63) is 54.6 Å². The van der Waals surface area contributed by atoms with Crippen molar-refractivity contribution in [1.29, 1.82) is 0 Å². The molecule has 2 aromatic rings. The lowest BCUT2D eigenvalue weighted by Gasteiger charge is -2.16. The average Bonchev–Trinajstić information content (AvgIpc) is 2.97. The molecule has 1 aliphatic rings. The van der Waals surface area contributed by atoms with E-state index < -0.39 is 5.92 Å². The lowest BCUT2D eigenvalue weighted by Crippen LogP contribution is -2.28. The van der Waals surface area contributed by atoms with E-state index in [0.717, 1.165) is 5.69 Å². The smallest absolute Gasteiger partial charge is 0.229 e. The van der Waals surface area contributed by atoms with Crippen LogP contribution in [-0.4, -0.2) is 24.3 Å². The van der Waals surface area contributed by atoms with E-state index in [4.69, 9.17) is 0 Å². The number of anilines is 3. The molecule has 6 heteroatoms. The van der Waals surface area contributed by atoms with Gasteiger partial charge in [-0.25, -0.2) is 0 Å². The average molecular weight is 337 g/mol. The SMILES string of the molecule is CC(=O)Nc1cccc(NC(=O)C2CC(=O)N(c3ccccc3)C2)c1. The highest BCUT2D eigenvalue weighted by molar-refractivity contribution is 6.03. The number of nitrogens with one attached hydrogen (secondary N) is 2. The summed E-state index contributed by atoms with van der Waals surface area (Å²) in [6.45, 7) is 1.79. The molecule has 2 aromatic carbocycles. The van der Waals surface area contributed by atoms with Crippen LogP contribution in [0.15, 0.2) is 54.6 Å². The lowest BCUT2D eigenvalue weighted by molar-refractivity contribution is -0.122. The summed E-state index contributed by atoms with van der Waals surface area (Å²) in [5.41, 5.74) is 2.00. The molecule has 0 saturated carbocycles. The first-order chi connectivity index (χ1) is 12.0. The van der Waals surface area contributed by atoms with Crippen LogP contribution in [0.4, 0.5) is 17.1 Å². The molecule has 1 heterocycles. The van der Waals surface area contributed by atoms with Gasteiger partial charge in [0.25, 0.3) is 0 Å². The van der Waals surface area contributed by atoms with Crippen LogP contribution in [0.3, 0.4) is 0 Å². The predicted molar refractivity (Wildman–Crippen MR) is 96.3 cm³/mol. The minimum atomic E-state index is -0.405. The number of amides is 3. The molecule has 25 heavy (non-hydrogen) atoms. The summed E-state index contributed by atoms with van der Waals surface area (Å²) in [7, 11) is 0. The topological polar surface area (TPSA) is 78.5 Å². The first-order valence-electron chi connectivity index (χ1n) is 8.07. The van der Waals surface area contributed by atoms with Crippen LogP contribution in [0.25, 0.3) is 0 Å². The second-order valence-electron chi connectivity index (χ2n) is 5.99. The van der Waals surface area contributed by atoms with Crippen LogP contribution in [0, 0.1) is 5.92 Å². The van der Waals surface area contributed by atoms with Crippen LogP contribution < -0.4 is 15.5 Å². The van der Waals surface area contributed by atoms with Crippen molar-refractivity contribution in [2.45, 2.75) is 13.3 Å². The summed E-state index contributed by atoms with van der Waals surface area (Å²) in [6.07, 6.45) is 0.187. The fraction of sp³-hybridized carbons (Fsp3) is 0.211. The molecule has 6 nitrogen and oxygen atoms in total. The van der Waals surface area contributed by atoms with Gasteiger partial charge >= 0.3 is 0 Å². The number of benzene rings is 2. The fourth-order valence-electron chi connectivity index (χ4n) is 2.86. The van der Waals surface area contributed by atoms with E-state index in [2.05, 4.69) is 10.6 Å². The minimum absolute atomic E-state index is 0.0571. The summed E-state index contributed by atoms with van der Waals surface area (Å²) >= 11 is 0. The summed E-state index contributed by atoms with van der Waals surface area (Å²) in [5, 5.41) is 5.49. The van der Waals surface area contributed by atoms with E-state index in [1.807, 2.05) is 30.3 Å².